The van der Waals surface area contributed by atoms with Crippen LogP contribution in [0.4, 0.5) is 4.79 Å². The van der Waals surface area contributed by atoms with Crippen LogP contribution in [0.1, 0.15) is 33.6 Å². The molecule has 1 aliphatic rings. The molecule has 1 fully saturated rings. The normalized spacial score (nSPS) is 17.8. The molecule has 0 atom stereocenters. The second kappa shape index (κ2) is 5.38. The van der Waals surface area contributed by atoms with Gasteiger partial charge in [-0.05, 0) is 33.6 Å². The number of carbonyl (C=O) groups is 2. The van der Waals surface area contributed by atoms with E-state index in [2.05, 4.69) is 12.2 Å². The zero-order chi connectivity index (χ0) is 13.1. The standard InChI is InChI=1S/C12H21N2O3/c1-9(15)14-7-5-10(6-8-14)13-11(16)17-12(2,3)4/h10H,1,5-8H2,2-4H3,(H,13,16). The third-order valence-electron chi connectivity index (χ3n) is 2.57. The molecule has 0 saturated carbocycles. The van der Waals surface area contributed by atoms with Crippen LogP contribution in [0.2, 0.25) is 0 Å². The third kappa shape index (κ3) is 5.06. The molecule has 1 radical (unpaired) electrons. The minimum absolute atomic E-state index is 0.0837. The highest BCUT2D eigenvalue weighted by Crippen LogP contribution is 2.12. The Morgan fingerprint density at radius 1 is 1.29 bits per heavy atom. The highest BCUT2D eigenvalue weighted by molar-refractivity contribution is 5.80. The first-order chi connectivity index (χ1) is 7.78. The van der Waals surface area contributed by atoms with E-state index in [-0.39, 0.29) is 11.9 Å². The van der Waals surface area contributed by atoms with Gasteiger partial charge in [-0.25, -0.2) is 4.79 Å². The Hall–Kier alpha value is -1.26. The molecule has 0 bridgehead atoms. The van der Waals surface area contributed by atoms with E-state index in [9.17, 15) is 9.59 Å². The van der Waals surface area contributed by atoms with E-state index < -0.39 is 11.7 Å². The van der Waals surface area contributed by atoms with Crippen molar-refractivity contribution in [2.45, 2.75) is 45.3 Å². The molecule has 0 aliphatic carbocycles. The number of amides is 2. The van der Waals surface area contributed by atoms with E-state index in [1.165, 1.54) is 0 Å². The molecule has 0 aromatic rings. The van der Waals surface area contributed by atoms with E-state index >= 15 is 0 Å². The lowest BCUT2D eigenvalue weighted by molar-refractivity contribution is -0.127. The molecule has 0 spiro atoms. The molecular weight excluding hydrogens is 220 g/mol. The largest absolute Gasteiger partial charge is 0.444 e. The van der Waals surface area contributed by atoms with Crippen molar-refractivity contribution in [2.24, 2.45) is 0 Å². The van der Waals surface area contributed by atoms with Crippen LogP contribution < -0.4 is 5.32 Å². The van der Waals surface area contributed by atoms with Crippen molar-refractivity contribution >= 4 is 12.0 Å². The number of rotatable bonds is 1. The summed E-state index contributed by atoms with van der Waals surface area (Å²) in [7, 11) is 0. The van der Waals surface area contributed by atoms with Crippen LogP contribution in [-0.4, -0.2) is 41.6 Å². The summed E-state index contributed by atoms with van der Waals surface area (Å²) in [5, 5.41) is 2.82. The predicted octanol–water partition coefficient (Wildman–Crippen LogP) is 1.34. The van der Waals surface area contributed by atoms with Crippen LogP contribution in [0.15, 0.2) is 0 Å². The van der Waals surface area contributed by atoms with E-state index in [1.807, 2.05) is 20.8 Å². The number of piperidine rings is 1. The molecule has 5 heteroatoms. The maximum atomic E-state index is 11.5. The summed E-state index contributed by atoms with van der Waals surface area (Å²) in [6.07, 6.45) is 1.11. The summed E-state index contributed by atoms with van der Waals surface area (Å²) in [4.78, 5) is 24.2. The molecule has 97 valence electrons. The molecule has 1 aliphatic heterocycles. The van der Waals surface area contributed by atoms with Gasteiger partial charge in [0.2, 0.25) is 5.91 Å². The summed E-state index contributed by atoms with van der Waals surface area (Å²) in [5.41, 5.74) is -0.478. The van der Waals surface area contributed by atoms with Gasteiger partial charge in [-0.2, -0.15) is 0 Å². The van der Waals surface area contributed by atoms with E-state index in [0.717, 1.165) is 12.8 Å². The molecule has 2 amide bonds. The van der Waals surface area contributed by atoms with Gasteiger partial charge in [-0.3, -0.25) is 4.79 Å². The SMILES string of the molecule is [CH2]C(=O)N1CCC(NC(=O)OC(C)(C)C)CC1. The number of nitrogens with zero attached hydrogens (tertiary/aromatic N) is 1. The molecule has 17 heavy (non-hydrogen) atoms. The van der Waals surface area contributed by atoms with Gasteiger partial charge in [0.25, 0.3) is 0 Å². The van der Waals surface area contributed by atoms with E-state index in [1.54, 1.807) is 4.90 Å². The second-order valence-electron chi connectivity index (χ2n) is 5.30. The van der Waals surface area contributed by atoms with Crippen molar-refractivity contribution in [1.82, 2.24) is 10.2 Å². The lowest BCUT2D eigenvalue weighted by Crippen LogP contribution is -2.47. The first-order valence-corrected chi connectivity index (χ1v) is 5.88. The summed E-state index contributed by atoms with van der Waals surface area (Å²) in [6, 6.07) is 0.0837. The summed E-state index contributed by atoms with van der Waals surface area (Å²) >= 11 is 0. The van der Waals surface area contributed by atoms with Crippen LogP contribution in [0, 0.1) is 6.92 Å². The number of hydrogen-bond donors (Lipinski definition) is 1. The van der Waals surface area contributed by atoms with Gasteiger partial charge < -0.3 is 15.0 Å². The second-order valence-corrected chi connectivity index (χ2v) is 5.30. The van der Waals surface area contributed by atoms with Crippen molar-refractivity contribution in [1.29, 1.82) is 0 Å². The molecular formula is C12H21N2O3. The van der Waals surface area contributed by atoms with Crippen LogP contribution in [0.25, 0.3) is 0 Å². The van der Waals surface area contributed by atoms with Crippen molar-refractivity contribution in [3.8, 4) is 0 Å². The lowest BCUT2D eigenvalue weighted by Gasteiger charge is -2.32. The van der Waals surface area contributed by atoms with Crippen LogP contribution in [0.5, 0.6) is 0 Å². The molecule has 0 aromatic heterocycles. The fourth-order valence-electron chi connectivity index (χ4n) is 1.75. The number of hydrogen-bond acceptors (Lipinski definition) is 3. The predicted molar refractivity (Wildman–Crippen MR) is 64.3 cm³/mol. The smallest absolute Gasteiger partial charge is 0.407 e. The fourth-order valence-corrected chi connectivity index (χ4v) is 1.75. The Kier molecular flexibility index (Phi) is 4.37. The van der Waals surface area contributed by atoms with Gasteiger partial charge in [-0.1, -0.05) is 0 Å². The Morgan fingerprint density at radius 3 is 2.24 bits per heavy atom. The number of alkyl carbamates (subject to hydrolysis) is 1. The van der Waals surface area contributed by atoms with Gasteiger partial charge >= 0.3 is 6.09 Å². The molecule has 0 aromatic carbocycles. The average molecular weight is 241 g/mol. The summed E-state index contributed by atoms with van der Waals surface area (Å²) in [6.45, 7) is 10.1. The fraction of sp³-hybridized carbons (Fsp3) is 0.750. The minimum Gasteiger partial charge on any atom is -0.444 e. The van der Waals surface area contributed by atoms with Crippen molar-refractivity contribution in [3.05, 3.63) is 6.92 Å². The Morgan fingerprint density at radius 2 is 1.82 bits per heavy atom. The zero-order valence-corrected chi connectivity index (χ0v) is 10.8. The monoisotopic (exact) mass is 241 g/mol. The Balaban J connectivity index is 2.31. The topological polar surface area (TPSA) is 58.6 Å². The van der Waals surface area contributed by atoms with Crippen molar-refractivity contribution in [2.75, 3.05) is 13.1 Å². The molecule has 5 nitrogen and oxygen atoms in total. The van der Waals surface area contributed by atoms with E-state index in [4.69, 9.17) is 4.74 Å². The van der Waals surface area contributed by atoms with Gasteiger partial charge in [0, 0.05) is 26.1 Å². The Bertz CT molecular complexity index is 289. The first kappa shape index (κ1) is 13.8. The van der Waals surface area contributed by atoms with Crippen molar-refractivity contribution < 1.29 is 14.3 Å². The van der Waals surface area contributed by atoms with E-state index in [0.29, 0.717) is 13.1 Å². The van der Waals surface area contributed by atoms with Crippen LogP contribution in [0.3, 0.4) is 0 Å². The third-order valence-corrected chi connectivity index (χ3v) is 2.57. The van der Waals surface area contributed by atoms with Gasteiger partial charge in [0.15, 0.2) is 0 Å². The highest BCUT2D eigenvalue weighted by atomic mass is 16.6. The van der Waals surface area contributed by atoms with Gasteiger partial charge in [0.1, 0.15) is 5.60 Å². The molecule has 1 heterocycles. The van der Waals surface area contributed by atoms with Crippen LogP contribution >= 0.6 is 0 Å². The molecule has 0 unspecified atom stereocenters. The highest BCUT2D eigenvalue weighted by Gasteiger charge is 2.24. The quantitative estimate of drug-likeness (QED) is 0.753. The minimum atomic E-state index is -0.478. The Labute approximate surface area is 102 Å². The molecule has 1 N–H and O–H groups in total. The zero-order valence-electron chi connectivity index (χ0n) is 10.8. The van der Waals surface area contributed by atoms with Gasteiger partial charge in [0.05, 0.1) is 0 Å². The number of carbonyl (C=O) groups excluding carboxylic acids is 2. The van der Waals surface area contributed by atoms with Crippen LogP contribution in [-0.2, 0) is 9.53 Å². The number of ether oxygens (including phenoxy) is 1. The average Bonchev–Trinajstić information content (AvgIpc) is 2.15. The van der Waals surface area contributed by atoms with Crippen molar-refractivity contribution in [3.63, 3.8) is 0 Å². The molecule has 1 saturated heterocycles. The number of nitrogens with one attached hydrogen (secondary N) is 1. The molecule has 1 rings (SSSR count). The maximum Gasteiger partial charge on any atom is 0.407 e. The first-order valence-electron chi connectivity index (χ1n) is 5.88. The maximum absolute atomic E-state index is 11.5. The number of likely N-dealkylation sites (tertiary alicyclic amines) is 1. The van der Waals surface area contributed by atoms with Gasteiger partial charge in [-0.15, -0.1) is 0 Å². The summed E-state index contributed by atoms with van der Waals surface area (Å²) in [5.74, 6) is -0.152. The summed E-state index contributed by atoms with van der Waals surface area (Å²) < 4.78 is 5.17. The lowest BCUT2D eigenvalue weighted by atomic mass is 10.1.